The summed E-state index contributed by atoms with van der Waals surface area (Å²) >= 11 is 0. The third-order valence-corrected chi connectivity index (χ3v) is 7.73. The van der Waals surface area contributed by atoms with Gasteiger partial charge in [-0.15, -0.1) is 0 Å². The third kappa shape index (κ3) is 6.40. The Kier molecular flexibility index (Phi) is 7.87. The molecule has 2 aromatic carbocycles. The minimum atomic E-state index is -3.43. The minimum Gasteiger partial charge on any atom is -0.326 e. The second-order valence-electron chi connectivity index (χ2n) is 8.37. The van der Waals surface area contributed by atoms with E-state index in [0.717, 1.165) is 41.8 Å². The predicted octanol–water partition coefficient (Wildman–Crippen LogP) is 5.00. The van der Waals surface area contributed by atoms with Crippen LogP contribution < -0.4 is 5.32 Å². The van der Waals surface area contributed by atoms with Gasteiger partial charge < -0.3 is 5.32 Å². The Bertz CT molecular complexity index is 1230. The summed E-state index contributed by atoms with van der Waals surface area (Å²) in [5.74, 6) is -0.0872. The highest BCUT2D eigenvalue weighted by molar-refractivity contribution is 7.89. The van der Waals surface area contributed by atoms with Gasteiger partial charge in [0.15, 0.2) is 0 Å². The number of carbonyl (C=O) groups is 1. The Morgan fingerprint density at radius 2 is 1.74 bits per heavy atom. The summed E-state index contributed by atoms with van der Waals surface area (Å²) in [6, 6.07) is 20.3. The molecular formula is C27H29N3O3S. The normalized spacial score (nSPS) is 14.8. The first kappa shape index (κ1) is 23.9. The Hall–Kier alpha value is -3.29. The van der Waals surface area contributed by atoms with Crippen LogP contribution >= 0.6 is 0 Å². The van der Waals surface area contributed by atoms with Crippen molar-refractivity contribution in [3.05, 3.63) is 89.7 Å². The predicted molar refractivity (Wildman–Crippen MR) is 136 cm³/mol. The first-order chi connectivity index (χ1) is 16.5. The van der Waals surface area contributed by atoms with Gasteiger partial charge in [-0.05, 0) is 72.9 Å². The number of benzene rings is 2. The van der Waals surface area contributed by atoms with Crippen LogP contribution in [0.15, 0.2) is 77.8 Å². The molecule has 0 aliphatic carbocycles. The first-order valence-corrected chi connectivity index (χ1v) is 13.0. The summed E-state index contributed by atoms with van der Waals surface area (Å²) in [6.07, 6.45) is 9.39. The molecule has 1 aromatic heterocycles. The van der Waals surface area contributed by atoms with Gasteiger partial charge in [0.2, 0.25) is 15.9 Å². The largest absolute Gasteiger partial charge is 0.326 e. The number of carbonyl (C=O) groups excluding carboxylic acids is 1. The number of nitrogens with one attached hydrogen (secondary N) is 1. The Balaban J connectivity index is 1.30. The van der Waals surface area contributed by atoms with Crippen LogP contribution in [0.3, 0.4) is 0 Å². The van der Waals surface area contributed by atoms with E-state index in [4.69, 9.17) is 0 Å². The molecule has 0 spiro atoms. The standard InChI is InChI=1S/C27H29N3O3S/c31-27(29-25-9-6-7-23(21-25)10-14-24-8-2-3-18-28-24)17-13-22-11-15-26(16-12-22)34(32,33)30-19-4-1-5-20-30/h2-3,6-12,14-16,18,21H,1,4-5,13,17,19-20H2,(H,29,31)/b14-10+. The van der Waals surface area contributed by atoms with E-state index in [2.05, 4.69) is 10.3 Å². The molecule has 0 bridgehead atoms. The van der Waals surface area contributed by atoms with Crippen LogP contribution in [-0.4, -0.2) is 36.7 Å². The third-order valence-electron chi connectivity index (χ3n) is 5.82. The SMILES string of the molecule is O=C(CCc1ccc(S(=O)(=O)N2CCCCC2)cc1)Nc1cccc(/C=C/c2ccccn2)c1. The van der Waals surface area contributed by atoms with E-state index in [1.54, 1.807) is 34.8 Å². The second-order valence-corrected chi connectivity index (χ2v) is 10.3. The molecular weight excluding hydrogens is 446 g/mol. The number of anilines is 1. The zero-order chi connectivity index (χ0) is 23.8. The maximum absolute atomic E-state index is 12.8. The molecule has 2 heterocycles. The van der Waals surface area contributed by atoms with Crippen LogP contribution in [0.4, 0.5) is 5.69 Å². The highest BCUT2D eigenvalue weighted by Gasteiger charge is 2.25. The number of rotatable bonds is 8. The lowest BCUT2D eigenvalue weighted by Gasteiger charge is -2.25. The Labute approximate surface area is 201 Å². The zero-order valence-electron chi connectivity index (χ0n) is 19.1. The van der Waals surface area contributed by atoms with Gasteiger partial charge in [-0.1, -0.05) is 42.8 Å². The summed E-state index contributed by atoms with van der Waals surface area (Å²) in [6.45, 7) is 1.18. The minimum absolute atomic E-state index is 0.0872. The van der Waals surface area contributed by atoms with Crippen molar-refractivity contribution in [2.45, 2.75) is 37.0 Å². The van der Waals surface area contributed by atoms with Crippen LogP contribution in [0.5, 0.6) is 0 Å². The lowest BCUT2D eigenvalue weighted by molar-refractivity contribution is -0.116. The van der Waals surface area contributed by atoms with Crippen molar-refractivity contribution < 1.29 is 13.2 Å². The molecule has 1 amide bonds. The summed E-state index contributed by atoms with van der Waals surface area (Å²) in [7, 11) is -3.43. The van der Waals surface area contributed by atoms with E-state index in [9.17, 15) is 13.2 Å². The summed E-state index contributed by atoms with van der Waals surface area (Å²) in [4.78, 5) is 17.1. The van der Waals surface area contributed by atoms with E-state index >= 15 is 0 Å². The van der Waals surface area contributed by atoms with Gasteiger partial charge in [0.25, 0.3) is 0 Å². The number of hydrogen-bond donors (Lipinski definition) is 1. The van der Waals surface area contributed by atoms with Crippen molar-refractivity contribution >= 4 is 33.8 Å². The molecule has 1 fully saturated rings. The molecule has 0 radical (unpaired) electrons. The second kappa shape index (κ2) is 11.2. The smallest absolute Gasteiger partial charge is 0.243 e. The van der Waals surface area contributed by atoms with Crippen LogP contribution in [0.1, 0.15) is 42.5 Å². The molecule has 176 valence electrons. The average molecular weight is 476 g/mol. The van der Waals surface area contributed by atoms with Gasteiger partial charge in [0, 0.05) is 31.4 Å². The monoisotopic (exact) mass is 475 g/mol. The van der Waals surface area contributed by atoms with E-state index in [0.29, 0.717) is 30.8 Å². The highest BCUT2D eigenvalue weighted by atomic mass is 32.2. The average Bonchev–Trinajstić information content (AvgIpc) is 2.88. The van der Waals surface area contributed by atoms with Crippen LogP contribution in [-0.2, 0) is 21.2 Å². The maximum Gasteiger partial charge on any atom is 0.243 e. The number of hydrogen-bond acceptors (Lipinski definition) is 4. The number of aromatic nitrogens is 1. The molecule has 1 saturated heterocycles. The van der Waals surface area contributed by atoms with Crippen molar-refractivity contribution in [2.75, 3.05) is 18.4 Å². The van der Waals surface area contributed by atoms with Crippen molar-refractivity contribution in [1.82, 2.24) is 9.29 Å². The van der Waals surface area contributed by atoms with Crippen LogP contribution in [0, 0.1) is 0 Å². The number of sulfonamides is 1. The fourth-order valence-electron chi connectivity index (χ4n) is 3.94. The number of aryl methyl sites for hydroxylation is 1. The zero-order valence-corrected chi connectivity index (χ0v) is 19.9. The molecule has 7 heteroatoms. The molecule has 1 N–H and O–H groups in total. The fourth-order valence-corrected chi connectivity index (χ4v) is 5.46. The van der Waals surface area contributed by atoms with Gasteiger partial charge in [-0.25, -0.2) is 8.42 Å². The number of amides is 1. The Morgan fingerprint density at radius 1 is 0.941 bits per heavy atom. The molecule has 0 atom stereocenters. The molecule has 0 unspecified atom stereocenters. The first-order valence-electron chi connectivity index (χ1n) is 11.6. The molecule has 3 aromatic rings. The van der Waals surface area contributed by atoms with Gasteiger partial charge >= 0.3 is 0 Å². The van der Waals surface area contributed by atoms with Crippen molar-refractivity contribution in [3.8, 4) is 0 Å². The van der Waals surface area contributed by atoms with E-state index in [-0.39, 0.29) is 5.91 Å². The maximum atomic E-state index is 12.8. The summed E-state index contributed by atoms with van der Waals surface area (Å²) in [5.41, 5.74) is 3.50. The van der Waals surface area contributed by atoms with Crippen LogP contribution in [0.2, 0.25) is 0 Å². The van der Waals surface area contributed by atoms with E-state index in [1.165, 1.54) is 0 Å². The molecule has 1 aliphatic heterocycles. The molecule has 1 aliphatic rings. The van der Waals surface area contributed by atoms with E-state index < -0.39 is 10.0 Å². The lowest BCUT2D eigenvalue weighted by atomic mass is 10.1. The fraction of sp³-hybridized carbons (Fsp3) is 0.259. The topological polar surface area (TPSA) is 79.4 Å². The van der Waals surface area contributed by atoms with Crippen molar-refractivity contribution in [2.24, 2.45) is 0 Å². The van der Waals surface area contributed by atoms with Gasteiger partial charge in [-0.3, -0.25) is 9.78 Å². The van der Waals surface area contributed by atoms with Crippen molar-refractivity contribution in [3.63, 3.8) is 0 Å². The molecule has 4 rings (SSSR count). The number of pyridine rings is 1. The summed E-state index contributed by atoms with van der Waals surface area (Å²) in [5, 5.41) is 2.94. The highest BCUT2D eigenvalue weighted by Crippen LogP contribution is 2.21. The van der Waals surface area contributed by atoms with Gasteiger partial charge in [-0.2, -0.15) is 4.31 Å². The lowest BCUT2D eigenvalue weighted by Crippen LogP contribution is -2.35. The molecule has 6 nitrogen and oxygen atoms in total. The van der Waals surface area contributed by atoms with Crippen LogP contribution in [0.25, 0.3) is 12.2 Å². The summed E-state index contributed by atoms with van der Waals surface area (Å²) < 4.78 is 27.1. The quantitative estimate of drug-likeness (QED) is 0.497. The van der Waals surface area contributed by atoms with E-state index in [1.807, 2.05) is 54.6 Å². The van der Waals surface area contributed by atoms with Gasteiger partial charge in [0.05, 0.1) is 10.6 Å². The van der Waals surface area contributed by atoms with Gasteiger partial charge in [0.1, 0.15) is 0 Å². The Morgan fingerprint density at radius 3 is 2.47 bits per heavy atom. The number of nitrogens with zero attached hydrogens (tertiary/aromatic N) is 2. The number of piperidine rings is 1. The van der Waals surface area contributed by atoms with Crippen molar-refractivity contribution in [1.29, 1.82) is 0 Å². The molecule has 0 saturated carbocycles. The molecule has 34 heavy (non-hydrogen) atoms.